The third-order valence-corrected chi connectivity index (χ3v) is 4.36. The number of hydrogen-bond donors (Lipinski definition) is 3. The van der Waals surface area contributed by atoms with Crippen LogP contribution in [0.4, 0.5) is 17.6 Å². The SMILES string of the molecule is Nc1nc(COC(=O)c2cc3ccccc3c(=O)[nH]2)nc(Nc2ccc(Cl)cc2)n1. The Balaban J connectivity index is 1.49. The van der Waals surface area contributed by atoms with Gasteiger partial charge in [-0.2, -0.15) is 15.0 Å². The Morgan fingerprint density at radius 3 is 2.67 bits per heavy atom. The van der Waals surface area contributed by atoms with Crippen LogP contribution in [0.25, 0.3) is 10.8 Å². The molecule has 0 aliphatic carbocycles. The number of benzene rings is 2. The fourth-order valence-electron chi connectivity index (χ4n) is 2.75. The number of halogens is 1. The van der Waals surface area contributed by atoms with Crippen molar-refractivity contribution in [2.24, 2.45) is 0 Å². The molecule has 0 saturated heterocycles. The molecular weight excluding hydrogens is 408 g/mol. The van der Waals surface area contributed by atoms with Crippen molar-refractivity contribution in [1.82, 2.24) is 19.9 Å². The van der Waals surface area contributed by atoms with Crippen LogP contribution in [0.3, 0.4) is 0 Å². The molecule has 2 aromatic carbocycles. The summed E-state index contributed by atoms with van der Waals surface area (Å²) in [5, 5.41) is 4.68. The third kappa shape index (κ3) is 4.36. The lowest BCUT2D eigenvalue weighted by molar-refractivity contribution is 0.0455. The van der Waals surface area contributed by atoms with Gasteiger partial charge in [0.2, 0.25) is 11.9 Å². The van der Waals surface area contributed by atoms with Crippen LogP contribution in [-0.4, -0.2) is 25.9 Å². The topological polar surface area (TPSA) is 136 Å². The molecule has 30 heavy (non-hydrogen) atoms. The van der Waals surface area contributed by atoms with Crippen LogP contribution in [0, 0.1) is 0 Å². The van der Waals surface area contributed by atoms with Crippen molar-refractivity contribution in [3.8, 4) is 0 Å². The molecule has 2 heterocycles. The Morgan fingerprint density at radius 1 is 1.10 bits per heavy atom. The molecule has 4 rings (SSSR count). The number of nitrogen functional groups attached to an aromatic ring is 1. The minimum Gasteiger partial charge on any atom is -0.453 e. The molecule has 0 aliphatic rings. The zero-order chi connectivity index (χ0) is 21.1. The first-order valence-electron chi connectivity index (χ1n) is 8.80. The average molecular weight is 423 g/mol. The lowest BCUT2D eigenvalue weighted by Crippen LogP contribution is -2.16. The molecule has 0 aliphatic heterocycles. The quantitative estimate of drug-likeness (QED) is 0.417. The molecule has 9 nitrogen and oxygen atoms in total. The number of rotatable bonds is 5. The summed E-state index contributed by atoms with van der Waals surface area (Å²) < 4.78 is 5.23. The van der Waals surface area contributed by atoms with Crippen molar-refractivity contribution in [1.29, 1.82) is 0 Å². The molecule has 0 atom stereocenters. The summed E-state index contributed by atoms with van der Waals surface area (Å²) in [7, 11) is 0. The van der Waals surface area contributed by atoms with Crippen LogP contribution in [0.2, 0.25) is 5.02 Å². The van der Waals surface area contributed by atoms with E-state index in [2.05, 4.69) is 25.3 Å². The standard InChI is InChI=1S/C20H15ClN6O3/c21-12-5-7-13(8-6-12)23-20-26-16(25-19(22)27-20)10-30-18(29)15-9-11-3-1-2-4-14(11)17(28)24-15/h1-9H,10H2,(H,24,28)(H3,22,23,25,26,27). The predicted octanol–water partition coefficient (Wildman–Crippen LogP) is 3.05. The van der Waals surface area contributed by atoms with Gasteiger partial charge in [0, 0.05) is 16.1 Å². The number of ether oxygens (including phenoxy) is 1. The molecular formula is C20H15ClN6O3. The predicted molar refractivity (Wildman–Crippen MR) is 113 cm³/mol. The molecule has 0 bridgehead atoms. The van der Waals surface area contributed by atoms with Crippen molar-refractivity contribution in [2.75, 3.05) is 11.1 Å². The van der Waals surface area contributed by atoms with E-state index < -0.39 is 5.97 Å². The Labute approximate surface area is 174 Å². The first kappa shape index (κ1) is 19.3. The highest BCUT2D eigenvalue weighted by Gasteiger charge is 2.13. The summed E-state index contributed by atoms with van der Waals surface area (Å²) in [6.07, 6.45) is 0. The molecule has 4 N–H and O–H groups in total. The van der Waals surface area contributed by atoms with Gasteiger partial charge in [-0.1, -0.05) is 29.8 Å². The normalized spacial score (nSPS) is 10.7. The number of pyridine rings is 1. The highest BCUT2D eigenvalue weighted by molar-refractivity contribution is 6.30. The maximum absolute atomic E-state index is 12.4. The van der Waals surface area contributed by atoms with Crippen LogP contribution >= 0.6 is 11.6 Å². The first-order valence-corrected chi connectivity index (χ1v) is 9.18. The van der Waals surface area contributed by atoms with Crippen molar-refractivity contribution >= 4 is 45.9 Å². The number of aromatic nitrogens is 4. The molecule has 0 fully saturated rings. The summed E-state index contributed by atoms with van der Waals surface area (Å²) >= 11 is 5.87. The number of nitrogens with zero attached hydrogens (tertiary/aromatic N) is 3. The van der Waals surface area contributed by atoms with E-state index in [0.29, 0.717) is 21.5 Å². The summed E-state index contributed by atoms with van der Waals surface area (Å²) in [6.45, 7) is -0.254. The Morgan fingerprint density at radius 2 is 1.87 bits per heavy atom. The minimum atomic E-state index is -0.718. The molecule has 0 unspecified atom stereocenters. The van der Waals surface area contributed by atoms with Gasteiger partial charge in [-0.15, -0.1) is 0 Å². The molecule has 0 amide bonds. The van der Waals surface area contributed by atoms with Gasteiger partial charge >= 0.3 is 5.97 Å². The number of H-pyrrole nitrogens is 1. The molecule has 0 radical (unpaired) electrons. The number of aromatic amines is 1. The van der Waals surface area contributed by atoms with Crippen LogP contribution < -0.4 is 16.6 Å². The monoisotopic (exact) mass is 422 g/mol. The molecule has 0 spiro atoms. The Hall–Kier alpha value is -3.98. The van der Waals surface area contributed by atoms with Crippen molar-refractivity contribution < 1.29 is 9.53 Å². The van der Waals surface area contributed by atoms with Crippen molar-refractivity contribution in [2.45, 2.75) is 6.61 Å². The fourth-order valence-corrected chi connectivity index (χ4v) is 2.88. The van der Waals surface area contributed by atoms with E-state index in [-0.39, 0.29) is 35.6 Å². The van der Waals surface area contributed by atoms with E-state index in [1.54, 1.807) is 54.6 Å². The van der Waals surface area contributed by atoms with E-state index in [1.165, 1.54) is 0 Å². The number of hydrogen-bond acceptors (Lipinski definition) is 8. The molecule has 4 aromatic rings. The average Bonchev–Trinajstić information content (AvgIpc) is 2.73. The van der Waals surface area contributed by atoms with Crippen molar-refractivity contribution in [3.63, 3.8) is 0 Å². The Kier molecular flexibility index (Phi) is 5.27. The maximum atomic E-state index is 12.4. The van der Waals surface area contributed by atoms with Gasteiger partial charge in [-0.25, -0.2) is 4.79 Å². The van der Waals surface area contributed by atoms with E-state index in [0.717, 1.165) is 0 Å². The third-order valence-electron chi connectivity index (χ3n) is 4.11. The van der Waals surface area contributed by atoms with Crippen LogP contribution in [0.1, 0.15) is 16.3 Å². The van der Waals surface area contributed by atoms with E-state index >= 15 is 0 Å². The van der Waals surface area contributed by atoms with Gasteiger partial charge < -0.3 is 20.8 Å². The van der Waals surface area contributed by atoms with Gasteiger partial charge in [0.1, 0.15) is 5.69 Å². The number of fused-ring (bicyclic) bond motifs is 1. The summed E-state index contributed by atoms with van der Waals surface area (Å²) in [4.78, 5) is 39.2. The zero-order valence-corrected chi connectivity index (χ0v) is 16.2. The van der Waals surface area contributed by atoms with E-state index in [4.69, 9.17) is 22.1 Å². The largest absolute Gasteiger partial charge is 0.453 e. The fraction of sp³-hybridized carbons (Fsp3) is 0.0500. The first-order chi connectivity index (χ1) is 14.5. The molecule has 0 saturated carbocycles. The second-order valence-electron chi connectivity index (χ2n) is 6.24. The number of nitrogens with one attached hydrogen (secondary N) is 2. The van der Waals surface area contributed by atoms with Gasteiger partial charge in [-0.05, 0) is 41.8 Å². The van der Waals surface area contributed by atoms with Crippen molar-refractivity contribution in [3.05, 3.63) is 81.5 Å². The van der Waals surface area contributed by atoms with Crippen LogP contribution in [0.15, 0.2) is 59.4 Å². The maximum Gasteiger partial charge on any atom is 0.355 e. The number of anilines is 3. The summed E-state index contributed by atoms with van der Waals surface area (Å²) in [5.74, 6) is -0.416. The van der Waals surface area contributed by atoms with Crippen LogP contribution in [0.5, 0.6) is 0 Å². The summed E-state index contributed by atoms with van der Waals surface area (Å²) in [6, 6.07) is 15.4. The van der Waals surface area contributed by atoms with E-state index in [9.17, 15) is 9.59 Å². The number of esters is 1. The van der Waals surface area contributed by atoms with Crippen LogP contribution in [-0.2, 0) is 11.3 Å². The van der Waals surface area contributed by atoms with Gasteiger partial charge in [0.25, 0.3) is 5.56 Å². The number of carbonyl (C=O) groups excluding carboxylic acids is 1. The lowest BCUT2D eigenvalue weighted by atomic mass is 10.1. The minimum absolute atomic E-state index is 0.0280. The molecule has 150 valence electrons. The highest BCUT2D eigenvalue weighted by Crippen LogP contribution is 2.17. The van der Waals surface area contributed by atoms with Gasteiger partial charge in [0.05, 0.1) is 0 Å². The smallest absolute Gasteiger partial charge is 0.355 e. The second kappa shape index (κ2) is 8.18. The highest BCUT2D eigenvalue weighted by atomic mass is 35.5. The molecule has 10 heteroatoms. The van der Waals surface area contributed by atoms with Gasteiger partial charge in [-0.3, -0.25) is 4.79 Å². The second-order valence-corrected chi connectivity index (χ2v) is 6.68. The Bertz CT molecular complexity index is 1290. The zero-order valence-electron chi connectivity index (χ0n) is 15.4. The molecule has 2 aromatic heterocycles. The number of carbonyl (C=O) groups is 1. The lowest BCUT2D eigenvalue weighted by Gasteiger charge is -2.08. The van der Waals surface area contributed by atoms with Gasteiger partial charge in [0.15, 0.2) is 12.4 Å². The summed E-state index contributed by atoms with van der Waals surface area (Å²) in [5.41, 5.74) is 6.07. The number of nitrogens with two attached hydrogens (primary N) is 1. The van der Waals surface area contributed by atoms with E-state index in [1.807, 2.05) is 0 Å².